The Kier molecular flexibility index (Phi) is 4.66. The number of carbonyl (C=O) groups excluding carboxylic acids is 1. The Morgan fingerprint density at radius 1 is 1.42 bits per heavy atom. The average Bonchev–Trinajstić information content (AvgIpc) is 2.61. The molecule has 1 aromatic carbocycles. The van der Waals surface area contributed by atoms with Gasteiger partial charge in [0, 0.05) is 24.7 Å². The van der Waals surface area contributed by atoms with Crippen LogP contribution in [-0.2, 0) is 9.53 Å². The molecule has 124 valence electrons. The number of aryl methyl sites for hydroxylation is 1. The number of piperidine rings is 1. The minimum absolute atomic E-state index is 0.0402. The Morgan fingerprint density at radius 2 is 2.17 bits per heavy atom. The zero-order valence-electron chi connectivity index (χ0n) is 14.1. The second-order valence-electron chi connectivity index (χ2n) is 6.17. The van der Waals surface area contributed by atoms with Crippen molar-refractivity contribution in [2.75, 3.05) is 24.6 Å². The maximum atomic E-state index is 11.9. The zero-order valence-corrected chi connectivity index (χ0v) is 14.1. The molecule has 0 unspecified atom stereocenters. The zero-order chi connectivity index (χ0) is 17.1. The van der Waals surface area contributed by atoms with Gasteiger partial charge in [-0.2, -0.15) is 5.26 Å². The van der Waals surface area contributed by atoms with Gasteiger partial charge in [-0.05, 0) is 38.8 Å². The lowest BCUT2D eigenvalue weighted by Crippen LogP contribution is -2.37. The first kappa shape index (κ1) is 16.3. The summed E-state index contributed by atoms with van der Waals surface area (Å²) >= 11 is 0. The van der Waals surface area contributed by atoms with Crippen LogP contribution in [0.25, 0.3) is 10.9 Å². The topological polar surface area (TPSA) is 66.2 Å². The van der Waals surface area contributed by atoms with Gasteiger partial charge in [0.05, 0.1) is 29.3 Å². The fourth-order valence-corrected chi connectivity index (χ4v) is 3.31. The predicted molar refractivity (Wildman–Crippen MR) is 92.8 cm³/mol. The number of pyridine rings is 1. The molecule has 1 saturated heterocycles. The van der Waals surface area contributed by atoms with E-state index in [1.54, 1.807) is 6.20 Å². The molecule has 0 spiro atoms. The van der Waals surface area contributed by atoms with Gasteiger partial charge < -0.3 is 9.64 Å². The summed E-state index contributed by atoms with van der Waals surface area (Å²) in [4.78, 5) is 18.5. The molecule has 0 N–H and O–H groups in total. The molecule has 0 bridgehead atoms. The van der Waals surface area contributed by atoms with Gasteiger partial charge in [0.2, 0.25) is 0 Å². The molecule has 3 rings (SSSR count). The van der Waals surface area contributed by atoms with Gasteiger partial charge in [-0.1, -0.05) is 11.6 Å². The molecule has 1 aromatic heterocycles. The highest BCUT2D eigenvalue weighted by atomic mass is 16.5. The number of nitriles is 1. The summed E-state index contributed by atoms with van der Waals surface area (Å²) in [6.07, 6.45) is 3.14. The minimum Gasteiger partial charge on any atom is -0.466 e. The SMILES string of the molecule is CCOC(=O)C1CCN(c2c(C#N)cnc3ccc(C)cc23)CC1. The van der Waals surface area contributed by atoms with E-state index in [0.717, 1.165) is 48.1 Å². The highest BCUT2D eigenvalue weighted by molar-refractivity contribution is 5.95. The molecule has 0 aliphatic carbocycles. The maximum Gasteiger partial charge on any atom is 0.309 e. The van der Waals surface area contributed by atoms with Crippen LogP contribution in [0.4, 0.5) is 5.69 Å². The van der Waals surface area contributed by atoms with Crippen molar-refractivity contribution in [3.63, 3.8) is 0 Å². The van der Waals surface area contributed by atoms with Gasteiger partial charge in [-0.25, -0.2) is 0 Å². The number of hydrogen-bond acceptors (Lipinski definition) is 5. The van der Waals surface area contributed by atoms with E-state index in [-0.39, 0.29) is 11.9 Å². The molecule has 0 radical (unpaired) electrons. The Morgan fingerprint density at radius 3 is 2.83 bits per heavy atom. The van der Waals surface area contributed by atoms with E-state index in [9.17, 15) is 10.1 Å². The number of hydrogen-bond donors (Lipinski definition) is 0. The quantitative estimate of drug-likeness (QED) is 0.812. The number of esters is 1. The van der Waals surface area contributed by atoms with Crippen LogP contribution in [0.3, 0.4) is 0 Å². The number of fused-ring (bicyclic) bond motifs is 1. The summed E-state index contributed by atoms with van der Waals surface area (Å²) in [7, 11) is 0. The molecule has 0 amide bonds. The molecule has 2 aromatic rings. The monoisotopic (exact) mass is 323 g/mol. The Hall–Kier alpha value is -2.61. The fraction of sp³-hybridized carbons (Fsp3) is 0.421. The van der Waals surface area contributed by atoms with Crippen molar-refractivity contribution in [1.82, 2.24) is 4.98 Å². The van der Waals surface area contributed by atoms with Gasteiger partial charge in [-0.3, -0.25) is 9.78 Å². The van der Waals surface area contributed by atoms with Crippen LogP contribution in [-0.4, -0.2) is 30.6 Å². The highest BCUT2D eigenvalue weighted by Crippen LogP contribution is 2.33. The second kappa shape index (κ2) is 6.88. The molecule has 1 aliphatic heterocycles. The highest BCUT2D eigenvalue weighted by Gasteiger charge is 2.28. The van der Waals surface area contributed by atoms with Crippen LogP contribution in [0.2, 0.25) is 0 Å². The number of nitrogens with zero attached hydrogens (tertiary/aromatic N) is 3. The van der Waals surface area contributed by atoms with E-state index >= 15 is 0 Å². The van der Waals surface area contributed by atoms with Crippen molar-refractivity contribution >= 4 is 22.6 Å². The van der Waals surface area contributed by atoms with Crippen LogP contribution in [0.15, 0.2) is 24.4 Å². The van der Waals surface area contributed by atoms with Crippen LogP contribution in [0.1, 0.15) is 30.9 Å². The van der Waals surface area contributed by atoms with Crippen LogP contribution < -0.4 is 4.90 Å². The van der Waals surface area contributed by atoms with Crippen molar-refractivity contribution < 1.29 is 9.53 Å². The summed E-state index contributed by atoms with van der Waals surface area (Å²) in [6.45, 7) is 5.77. The predicted octanol–water partition coefficient (Wildman–Crippen LogP) is 3.19. The summed E-state index contributed by atoms with van der Waals surface area (Å²) in [5.41, 5.74) is 3.56. The lowest BCUT2D eigenvalue weighted by molar-refractivity contribution is -0.148. The summed E-state index contributed by atoms with van der Waals surface area (Å²) in [5.74, 6) is -0.144. The molecule has 5 heteroatoms. The van der Waals surface area contributed by atoms with Crippen molar-refractivity contribution in [3.8, 4) is 6.07 Å². The third kappa shape index (κ3) is 3.05. The number of ether oxygens (including phenoxy) is 1. The Labute approximate surface area is 141 Å². The Balaban J connectivity index is 1.91. The summed E-state index contributed by atoms with van der Waals surface area (Å²) in [6, 6.07) is 8.36. The summed E-state index contributed by atoms with van der Waals surface area (Å²) < 4.78 is 5.13. The fourth-order valence-electron chi connectivity index (χ4n) is 3.31. The first-order chi connectivity index (χ1) is 11.6. The van der Waals surface area contributed by atoms with E-state index in [0.29, 0.717) is 12.2 Å². The molecular weight excluding hydrogens is 302 g/mol. The Bertz CT molecular complexity index is 802. The van der Waals surface area contributed by atoms with E-state index in [2.05, 4.69) is 22.0 Å². The second-order valence-corrected chi connectivity index (χ2v) is 6.17. The number of rotatable bonds is 3. The van der Waals surface area contributed by atoms with Crippen LogP contribution in [0, 0.1) is 24.2 Å². The van der Waals surface area contributed by atoms with E-state index in [4.69, 9.17) is 4.74 Å². The number of aromatic nitrogens is 1. The van der Waals surface area contributed by atoms with Crippen molar-refractivity contribution in [2.45, 2.75) is 26.7 Å². The third-order valence-corrected chi connectivity index (χ3v) is 4.55. The molecule has 1 aliphatic rings. The molecule has 0 saturated carbocycles. The van der Waals surface area contributed by atoms with E-state index in [1.807, 2.05) is 26.0 Å². The average molecular weight is 323 g/mol. The van der Waals surface area contributed by atoms with Gasteiger partial charge in [0.1, 0.15) is 6.07 Å². The van der Waals surface area contributed by atoms with Crippen LogP contribution in [0.5, 0.6) is 0 Å². The first-order valence-corrected chi connectivity index (χ1v) is 8.35. The van der Waals surface area contributed by atoms with E-state index < -0.39 is 0 Å². The molecule has 24 heavy (non-hydrogen) atoms. The molecule has 0 atom stereocenters. The first-order valence-electron chi connectivity index (χ1n) is 8.35. The molecular formula is C19H21N3O2. The van der Waals surface area contributed by atoms with Crippen LogP contribution >= 0.6 is 0 Å². The van der Waals surface area contributed by atoms with E-state index in [1.165, 1.54) is 0 Å². The lowest BCUT2D eigenvalue weighted by atomic mass is 9.95. The smallest absolute Gasteiger partial charge is 0.309 e. The molecule has 5 nitrogen and oxygen atoms in total. The minimum atomic E-state index is -0.104. The number of carbonyl (C=O) groups is 1. The standard InChI is InChI=1S/C19H21N3O2/c1-3-24-19(23)14-6-8-22(9-7-14)18-15(11-20)12-21-17-5-4-13(2)10-16(17)18/h4-5,10,12,14H,3,6-9H2,1-2H3. The lowest BCUT2D eigenvalue weighted by Gasteiger charge is -2.33. The largest absolute Gasteiger partial charge is 0.466 e. The molecule has 1 fully saturated rings. The number of benzene rings is 1. The third-order valence-electron chi connectivity index (χ3n) is 4.55. The van der Waals surface area contributed by atoms with Gasteiger partial charge in [0.25, 0.3) is 0 Å². The maximum absolute atomic E-state index is 11.9. The number of anilines is 1. The molecule has 2 heterocycles. The normalized spacial score (nSPS) is 15.3. The van der Waals surface area contributed by atoms with Gasteiger partial charge >= 0.3 is 5.97 Å². The van der Waals surface area contributed by atoms with Crippen molar-refractivity contribution in [2.24, 2.45) is 5.92 Å². The van der Waals surface area contributed by atoms with Crippen molar-refractivity contribution in [1.29, 1.82) is 5.26 Å². The summed E-state index contributed by atoms with van der Waals surface area (Å²) in [5, 5.41) is 10.5. The van der Waals surface area contributed by atoms with Gasteiger partial charge in [0.15, 0.2) is 0 Å². The van der Waals surface area contributed by atoms with Crippen molar-refractivity contribution in [3.05, 3.63) is 35.5 Å². The van der Waals surface area contributed by atoms with Gasteiger partial charge in [-0.15, -0.1) is 0 Å².